The van der Waals surface area contributed by atoms with Gasteiger partial charge in [0.05, 0.1) is 0 Å². The summed E-state index contributed by atoms with van der Waals surface area (Å²) in [6, 6.07) is 8.64. The maximum atomic E-state index is 5.74. The molecule has 1 atom stereocenters. The molecule has 1 aromatic rings. The Morgan fingerprint density at radius 1 is 1.13 bits per heavy atom. The van der Waals surface area contributed by atoms with E-state index in [1.165, 1.54) is 11.1 Å². The predicted octanol–water partition coefficient (Wildman–Crippen LogP) is 1.99. The molecule has 0 spiro atoms. The molecular formula is C13H22N2. The normalized spacial score (nSPS) is 13.9. The Morgan fingerprint density at radius 3 is 2.07 bits per heavy atom. The van der Waals surface area contributed by atoms with E-state index in [-0.39, 0.29) is 5.41 Å². The van der Waals surface area contributed by atoms with Crippen molar-refractivity contribution in [3.8, 4) is 0 Å². The molecule has 0 aliphatic rings. The Morgan fingerprint density at radius 2 is 1.67 bits per heavy atom. The Balaban J connectivity index is 2.90. The van der Waals surface area contributed by atoms with E-state index in [0.29, 0.717) is 19.0 Å². The van der Waals surface area contributed by atoms with Crippen molar-refractivity contribution in [1.29, 1.82) is 0 Å². The summed E-state index contributed by atoms with van der Waals surface area (Å²) in [6.45, 7) is 7.82. The summed E-state index contributed by atoms with van der Waals surface area (Å²) in [4.78, 5) is 0. The molecule has 0 aromatic heterocycles. The van der Waals surface area contributed by atoms with Gasteiger partial charge in [0.2, 0.25) is 0 Å². The SMILES string of the molecule is CC(CN)c1ccc(C(C)(C)CN)cc1. The largest absolute Gasteiger partial charge is 0.330 e. The van der Waals surface area contributed by atoms with Gasteiger partial charge in [-0.3, -0.25) is 0 Å². The molecule has 2 heteroatoms. The van der Waals surface area contributed by atoms with Crippen LogP contribution >= 0.6 is 0 Å². The number of nitrogens with two attached hydrogens (primary N) is 2. The van der Waals surface area contributed by atoms with Gasteiger partial charge in [0, 0.05) is 12.0 Å². The minimum absolute atomic E-state index is 0.0600. The number of rotatable bonds is 4. The fourth-order valence-electron chi connectivity index (χ4n) is 1.52. The Kier molecular flexibility index (Phi) is 3.89. The number of hydrogen-bond acceptors (Lipinski definition) is 2. The smallest absolute Gasteiger partial charge is 0.00190 e. The predicted molar refractivity (Wildman–Crippen MR) is 66.0 cm³/mol. The molecule has 0 radical (unpaired) electrons. The molecule has 0 saturated carbocycles. The molecule has 0 aliphatic heterocycles. The van der Waals surface area contributed by atoms with Crippen LogP contribution in [0.25, 0.3) is 0 Å². The van der Waals surface area contributed by atoms with Gasteiger partial charge in [-0.05, 0) is 23.6 Å². The molecule has 0 saturated heterocycles. The molecule has 15 heavy (non-hydrogen) atoms. The van der Waals surface area contributed by atoms with Gasteiger partial charge in [0.25, 0.3) is 0 Å². The summed E-state index contributed by atoms with van der Waals surface area (Å²) in [5, 5.41) is 0. The first-order valence-electron chi connectivity index (χ1n) is 5.52. The van der Waals surface area contributed by atoms with Crippen molar-refractivity contribution in [2.24, 2.45) is 11.5 Å². The van der Waals surface area contributed by atoms with E-state index < -0.39 is 0 Å². The van der Waals surface area contributed by atoms with Gasteiger partial charge in [0.15, 0.2) is 0 Å². The second kappa shape index (κ2) is 4.77. The highest BCUT2D eigenvalue weighted by molar-refractivity contribution is 5.30. The summed E-state index contributed by atoms with van der Waals surface area (Å²) >= 11 is 0. The van der Waals surface area contributed by atoms with Gasteiger partial charge in [0.1, 0.15) is 0 Å². The van der Waals surface area contributed by atoms with Crippen LogP contribution in [0, 0.1) is 0 Å². The van der Waals surface area contributed by atoms with Crippen LogP contribution < -0.4 is 11.5 Å². The van der Waals surface area contributed by atoms with Crippen LogP contribution in [0.2, 0.25) is 0 Å². The van der Waals surface area contributed by atoms with Crippen molar-refractivity contribution in [1.82, 2.24) is 0 Å². The van der Waals surface area contributed by atoms with E-state index in [2.05, 4.69) is 45.0 Å². The first-order valence-corrected chi connectivity index (χ1v) is 5.52. The average molecular weight is 206 g/mol. The molecule has 2 nitrogen and oxygen atoms in total. The average Bonchev–Trinajstić information content (AvgIpc) is 2.28. The summed E-state index contributed by atoms with van der Waals surface area (Å²) < 4.78 is 0. The minimum atomic E-state index is 0.0600. The van der Waals surface area contributed by atoms with Crippen LogP contribution in [-0.4, -0.2) is 13.1 Å². The lowest BCUT2D eigenvalue weighted by atomic mass is 9.84. The standard InChI is InChI=1S/C13H22N2/c1-10(8-14)11-4-6-12(7-5-11)13(2,3)9-15/h4-7,10H,8-9,14-15H2,1-3H3. The van der Waals surface area contributed by atoms with E-state index >= 15 is 0 Å². The van der Waals surface area contributed by atoms with Gasteiger partial charge >= 0.3 is 0 Å². The molecule has 0 fully saturated rings. The molecule has 0 amide bonds. The van der Waals surface area contributed by atoms with Gasteiger partial charge in [-0.2, -0.15) is 0 Å². The monoisotopic (exact) mass is 206 g/mol. The summed E-state index contributed by atoms with van der Waals surface area (Å²) in [5.41, 5.74) is 14.0. The topological polar surface area (TPSA) is 52.0 Å². The van der Waals surface area contributed by atoms with Crippen LogP contribution in [-0.2, 0) is 5.41 Å². The van der Waals surface area contributed by atoms with E-state index in [1.807, 2.05) is 0 Å². The summed E-state index contributed by atoms with van der Waals surface area (Å²) in [6.07, 6.45) is 0. The third kappa shape index (κ3) is 2.80. The second-order valence-electron chi connectivity index (χ2n) is 4.85. The highest BCUT2D eigenvalue weighted by Crippen LogP contribution is 2.23. The summed E-state index contributed by atoms with van der Waals surface area (Å²) in [7, 11) is 0. The maximum absolute atomic E-state index is 5.74. The Hall–Kier alpha value is -0.860. The van der Waals surface area contributed by atoms with Crippen molar-refractivity contribution >= 4 is 0 Å². The molecule has 1 rings (SSSR count). The van der Waals surface area contributed by atoms with Crippen molar-refractivity contribution < 1.29 is 0 Å². The van der Waals surface area contributed by atoms with E-state index in [9.17, 15) is 0 Å². The number of hydrogen-bond donors (Lipinski definition) is 2. The fourth-order valence-corrected chi connectivity index (χ4v) is 1.52. The zero-order valence-corrected chi connectivity index (χ0v) is 9.96. The summed E-state index contributed by atoms with van der Waals surface area (Å²) in [5.74, 6) is 0.431. The zero-order chi connectivity index (χ0) is 11.5. The first-order chi connectivity index (χ1) is 7.01. The fraction of sp³-hybridized carbons (Fsp3) is 0.538. The van der Waals surface area contributed by atoms with Gasteiger partial charge in [-0.15, -0.1) is 0 Å². The lowest BCUT2D eigenvalue weighted by Gasteiger charge is -2.23. The van der Waals surface area contributed by atoms with Crippen LogP contribution in [0.5, 0.6) is 0 Å². The lowest BCUT2D eigenvalue weighted by Crippen LogP contribution is -2.28. The molecule has 0 aliphatic carbocycles. The van der Waals surface area contributed by atoms with Crippen molar-refractivity contribution in [3.05, 3.63) is 35.4 Å². The van der Waals surface area contributed by atoms with E-state index in [4.69, 9.17) is 11.5 Å². The molecule has 4 N–H and O–H groups in total. The highest BCUT2D eigenvalue weighted by Gasteiger charge is 2.18. The maximum Gasteiger partial charge on any atom is 0.00190 e. The van der Waals surface area contributed by atoms with Gasteiger partial charge in [-0.25, -0.2) is 0 Å². The molecular weight excluding hydrogens is 184 g/mol. The van der Waals surface area contributed by atoms with Crippen LogP contribution in [0.15, 0.2) is 24.3 Å². The molecule has 0 heterocycles. The van der Waals surface area contributed by atoms with Crippen LogP contribution in [0.1, 0.15) is 37.8 Å². The first kappa shape index (κ1) is 12.2. The minimum Gasteiger partial charge on any atom is -0.330 e. The Bertz CT molecular complexity index is 301. The van der Waals surface area contributed by atoms with E-state index in [1.54, 1.807) is 0 Å². The van der Waals surface area contributed by atoms with Crippen molar-refractivity contribution in [2.75, 3.05) is 13.1 Å². The zero-order valence-electron chi connectivity index (χ0n) is 9.96. The lowest BCUT2D eigenvalue weighted by molar-refractivity contribution is 0.538. The highest BCUT2D eigenvalue weighted by atomic mass is 14.6. The van der Waals surface area contributed by atoms with Crippen molar-refractivity contribution in [3.63, 3.8) is 0 Å². The Labute approximate surface area is 92.7 Å². The molecule has 1 aromatic carbocycles. The number of benzene rings is 1. The van der Waals surface area contributed by atoms with Gasteiger partial charge in [-0.1, -0.05) is 45.0 Å². The third-order valence-electron chi connectivity index (χ3n) is 3.13. The molecule has 1 unspecified atom stereocenters. The van der Waals surface area contributed by atoms with Crippen LogP contribution in [0.3, 0.4) is 0 Å². The van der Waals surface area contributed by atoms with Crippen LogP contribution in [0.4, 0.5) is 0 Å². The second-order valence-corrected chi connectivity index (χ2v) is 4.85. The third-order valence-corrected chi connectivity index (χ3v) is 3.13. The van der Waals surface area contributed by atoms with Gasteiger partial charge < -0.3 is 11.5 Å². The molecule has 84 valence electrons. The van der Waals surface area contributed by atoms with Crippen molar-refractivity contribution in [2.45, 2.75) is 32.1 Å². The molecule has 0 bridgehead atoms. The quantitative estimate of drug-likeness (QED) is 0.791. The van der Waals surface area contributed by atoms with E-state index in [0.717, 1.165) is 0 Å².